The molecule has 0 aliphatic rings. The van der Waals surface area contributed by atoms with Crippen LogP contribution in [-0.4, -0.2) is 28.7 Å². The lowest BCUT2D eigenvalue weighted by Crippen LogP contribution is -2.43. The number of carboxylic acid groups (broad SMARTS) is 1. The molecule has 0 saturated heterocycles. The predicted molar refractivity (Wildman–Crippen MR) is 63.1 cm³/mol. The van der Waals surface area contributed by atoms with Crippen molar-refractivity contribution >= 4 is 6.09 Å². The van der Waals surface area contributed by atoms with Gasteiger partial charge in [0.25, 0.3) is 0 Å². The molecule has 17 heavy (non-hydrogen) atoms. The number of amides is 1. The normalized spacial score (nSPS) is 11.5. The number of nitrogens with two attached hydrogens (primary N) is 1. The van der Waals surface area contributed by atoms with Crippen molar-refractivity contribution in [3.63, 3.8) is 0 Å². The minimum absolute atomic E-state index is 0.107. The standard InChI is InChI=1S/C12H15N3O2/c13-7-6-11(8-14)15(12(16)17)9-10-4-2-1-3-5-10/h1-5,11H,6,8-9,14H2,(H,16,17). The summed E-state index contributed by atoms with van der Waals surface area (Å²) in [6, 6.07) is 10.7. The number of nitriles is 1. The van der Waals surface area contributed by atoms with Gasteiger partial charge >= 0.3 is 6.09 Å². The van der Waals surface area contributed by atoms with Crippen molar-refractivity contribution in [1.29, 1.82) is 5.26 Å². The second-order valence-corrected chi connectivity index (χ2v) is 3.65. The number of nitrogens with zero attached hydrogens (tertiary/aromatic N) is 2. The van der Waals surface area contributed by atoms with E-state index in [1.54, 1.807) is 0 Å². The molecule has 0 radical (unpaired) electrons. The third kappa shape index (κ3) is 3.78. The van der Waals surface area contributed by atoms with Gasteiger partial charge in [-0.1, -0.05) is 30.3 Å². The Morgan fingerprint density at radius 2 is 2.12 bits per heavy atom. The van der Waals surface area contributed by atoms with Gasteiger partial charge in [-0.2, -0.15) is 5.26 Å². The summed E-state index contributed by atoms with van der Waals surface area (Å²) in [6.45, 7) is 0.395. The van der Waals surface area contributed by atoms with Crippen molar-refractivity contribution in [1.82, 2.24) is 4.90 Å². The topological polar surface area (TPSA) is 90.4 Å². The lowest BCUT2D eigenvalue weighted by molar-refractivity contribution is 0.122. The zero-order chi connectivity index (χ0) is 12.7. The lowest BCUT2D eigenvalue weighted by Gasteiger charge is -2.26. The van der Waals surface area contributed by atoms with E-state index in [1.165, 1.54) is 4.90 Å². The first kappa shape index (κ1) is 13.0. The smallest absolute Gasteiger partial charge is 0.407 e. The summed E-state index contributed by atoms with van der Waals surface area (Å²) in [5.74, 6) is 0. The van der Waals surface area contributed by atoms with Gasteiger partial charge in [0, 0.05) is 13.1 Å². The molecule has 0 spiro atoms. The molecule has 1 aromatic carbocycles. The average Bonchev–Trinajstić information content (AvgIpc) is 2.34. The van der Waals surface area contributed by atoms with Crippen LogP contribution in [0.3, 0.4) is 0 Å². The Bertz CT molecular complexity index is 400. The maximum absolute atomic E-state index is 11.1. The summed E-state index contributed by atoms with van der Waals surface area (Å²) in [6.07, 6.45) is -0.949. The Balaban J connectivity index is 2.80. The van der Waals surface area contributed by atoms with Crippen molar-refractivity contribution in [2.45, 2.75) is 19.0 Å². The van der Waals surface area contributed by atoms with E-state index in [0.29, 0.717) is 0 Å². The first-order valence-corrected chi connectivity index (χ1v) is 5.29. The highest BCUT2D eigenvalue weighted by Gasteiger charge is 2.21. The molecule has 0 bridgehead atoms. The minimum atomic E-state index is -1.06. The van der Waals surface area contributed by atoms with Gasteiger partial charge < -0.3 is 10.8 Å². The fourth-order valence-electron chi connectivity index (χ4n) is 1.56. The van der Waals surface area contributed by atoms with Crippen LogP contribution in [0.15, 0.2) is 30.3 Å². The SMILES string of the molecule is N#CCC(CN)N(Cc1ccccc1)C(=O)O. The molecule has 0 aliphatic heterocycles. The second kappa shape index (κ2) is 6.51. The predicted octanol–water partition coefficient (Wildman–Crippen LogP) is 1.41. The Morgan fingerprint density at radius 1 is 1.47 bits per heavy atom. The Morgan fingerprint density at radius 3 is 2.59 bits per heavy atom. The molecule has 1 rings (SSSR count). The van der Waals surface area contributed by atoms with Gasteiger partial charge in [0.05, 0.1) is 18.5 Å². The van der Waals surface area contributed by atoms with Crippen LogP contribution in [0.5, 0.6) is 0 Å². The Hall–Kier alpha value is -2.06. The average molecular weight is 233 g/mol. The van der Waals surface area contributed by atoms with Gasteiger partial charge in [0.1, 0.15) is 0 Å². The summed E-state index contributed by atoms with van der Waals surface area (Å²) in [7, 11) is 0. The molecule has 0 saturated carbocycles. The minimum Gasteiger partial charge on any atom is -0.465 e. The Labute approximate surface area is 100 Å². The zero-order valence-electron chi connectivity index (χ0n) is 9.41. The van der Waals surface area contributed by atoms with Crippen LogP contribution < -0.4 is 5.73 Å². The highest BCUT2D eigenvalue weighted by atomic mass is 16.4. The number of hydrogen-bond donors (Lipinski definition) is 2. The van der Waals surface area contributed by atoms with Crippen LogP contribution in [0.1, 0.15) is 12.0 Å². The second-order valence-electron chi connectivity index (χ2n) is 3.65. The van der Waals surface area contributed by atoms with E-state index in [2.05, 4.69) is 0 Å². The number of hydrogen-bond acceptors (Lipinski definition) is 3. The molecular weight excluding hydrogens is 218 g/mol. The van der Waals surface area contributed by atoms with Gasteiger partial charge in [0.15, 0.2) is 0 Å². The molecule has 5 nitrogen and oxygen atoms in total. The van der Waals surface area contributed by atoms with Crippen molar-refractivity contribution < 1.29 is 9.90 Å². The van der Waals surface area contributed by atoms with Crippen molar-refractivity contribution in [3.05, 3.63) is 35.9 Å². The summed E-state index contributed by atoms with van der Waals surface area (Å²) in [4.78, 5) is 12.3. The molecule has 0 fully saturated rings. The maximum atomic E-state index is 11.1. The monoisotopic (exact) mass is 233 g/mol. The largest absolute Gasteiger partial charge is 0.465 e. The molecule has 90 valence electrons. The van der Waals surface area contributed by atoms with Crippen molar-refractivity contribution in [2.75, 3.05) is 6.54 Å². The van der Waals surface area contributed by atoms with E-state index in [1.807, 2.05) is 36.4 Å². The van der Waals surface area contributed by atoms with E-state index in [0.717, 1.165) is 5.56 Å². The number of rotatable bonds is 5. The number of benzene rings is 1. The van der Waals surface area contributed by atoms with Gasteiger partial charge in [-0.15, -0.1) is 0 Å². The maximum Gasteiger partial charge on any atom is 0.407 e. The molecule has 5 heteroatoms. The van der Waals surface area contributed by atoms with E-state index in [9.17, 15) is 4.79 Å². The lowest BCUT2D eigenvalue weighted by atomic mass is 10.1. The van der Waals surface area contributed by atoms with Gasteiger partial charge in [0.2, 0.25) is 0 Å². The van der Waals surface area contributed by atoms with Crippen molar-refractivity contribution in [3.8, 4) is 6.07 Å². The highest BCUT2D eigenvalue weighted by Crippen LogP contribution is 2.10. The van der Waals surface area contributed by atoms with E-state index in [-0.39, 0.29) is 19.5 Å². The van der Waals surface area contributed by atoms with E-state index >= 15 is 0 Å². The molecule has 1 amide bonds. The van der Waals surface area contributed by atoms with Gasteiger partial charge in [-0.25, -0.2) is 4.79 Å². The summed E-state index contributed by atoms with van der Waals surface area (Å²) in [5, 5.41) is 17.8. The number of carbonyl (C=O) groups is 1. The summed E-state index contributed by atoms with van der Waals surface area (Å²) in [5.41, 5.74) is 6.38. The molecule has 0 aromatic heterocycles. The first-order chi connectivity index (χ1) is 8.19. The first-order valence-electron chi connectivity index (χ1n) is 5.29. The molecule has 0 heterocycles. The molecule has 1 unspecified atom stereocenters. The quantitative estimate of drug-likeness (QED) is 0.804. The fourth-order valence-corrected chi connectivity index (χ4v) is 1.56. The van der Waals surface area contributed by atoms with Crippen LogP contribution in [0.25, 0.3) is 0 Å². The zero-order valence-corrected chi connectivity index (χ0v) is 9.41. The van der Waals surface area contributed by atoms with E-state index < -0.39 is 12.1 Å². The van der Waals surface area contributed by atoms with Crippen molar-refractivity contribution in [2.24, 2.45) is 5.73 Å². The third-order valence-electron chi connectivity index (χ3n) is 2.48. The van der Waals surface area contributed by atoms with Crippen LogP contribution in [0, 0.1) is 11.3 Å². The van der Waals surface area contributed by atoms with Crippen LogP contribution in [-0.2, 0) is 6.54 Å². The Kier molecular flexibility index (Phi) is 4.98. The molecular formula is C12H15N3O2. The highest BCUT2D eigenvalue weighted by molar-refractivity contribution is 5.65. The summed E-state index contributed by atoms with van der Waals surface area (Å²) < 4.78 is 0. The molecule has 1 aromatic rings. The van der Waals surface area contributed by atoms with E-state index in [4.69, 9.17) is 16.1 Å². The molecule has 3 N–H and O–H groups in total. The molecule has 1 atom stereocenters. The fraction of sp³-hybridized carbons (Fsp3) is 0.333. The van der Waals surface area contributed by atoms with Gasteiger partial charge in [-0.05, 0) is 5.56 Å². The summed E-state index contributed by atoms with van der Waals surface area (Å²) >= 11 is 0. The van der Waals surface area contributed by atoms with Crippen LogP contribution in [0.2, 0.25) is 0 Å². The third-order valence-corrected chi connectivity index (χ3v) is 2.48. The van der Waals surface area contributed by atoms with Crippen LogP contribution >= 0.6 is 0 Å². The van der Waals surface area contributed by atoms with Gasteiger partial charge in [-0.3, -0.25) is 4.90 Å². The molecule has 0 aliphatic carbocycles. The van der Waals surface area contributed by atoms with Crippen LogP contribution in [0.4, 0.5) is 4.79 Å².